The normalized spacial score (nSPS) is 16.9. The van der Waals surface area contributed by atoms with Crippen molar-refractivity contribution in [2.75, 3.05) is 27.2 Å². The summed E-state index contributed by atoms with van der Waals surface area (Å²) in [5, 5.41) is 6.72. The van der Waals surface area contributed by atoms with Gasteiger partial charge in [0.25, 0.3) is 0 Å². The van der Waals surface area contributed by atoms with Gasteiger partial charge in [-0.15, -0.1) is 0 Å². The van der Waals surface area contributed by atoms with Crippen LogP contribution in [0.1, 0.15) is 25.3 Å². The van der Waals surface area contributed by atoms with Gasteiger partial charge in [0.2, 0.25) is 5.91 Å². The number of ether oxygens (including phenoxy) is 2. The van der Waals surface area contributed by atoms with Crippen molar-refractivity contribution >= 4 is 11.9 Å². The lowest BCUT2D eigenvalue weighted by Crippen LogP contribution is -2.51. The van der Waals surface area contributed by atoms with E-state index in [0.717, 1.165) is 30.2 Å². The molecule has 160 valence electrons. The van der Waals surface area contributed by atoms with Crippen molar-refractivity contribution in [2.24, 2.45) is 4.99 Å². The Labute approximate surface area is 178 Å². The van der Waals surface area contributed by atoms with Crippen LogP contribution in [0.3, 0.4) is 0 Å². The minimum absolute atomic E-state index is 0.199. The van der Waals surface area contributed by atoms with Crippen molar-refractivity contribution in [3.63, 3.8) is 0 Å². The van der Waals surface area contributed by atoms with Gasteiger partial charge in [-0.3, -0.25) is 4.79 Å². The monoisotopic (exact) mass is 410 g/mol. The number of likely N-dealkylation sites (N-methyl/N-ethyl adjacent to an activating group) is 1. The summed E-state index contributed by atoms with van der Waals surface area (Å²) in [4.78, 5) is 18.1. The van der Waals surface area contributed by atoms with Gasteiger partial charge in [-0.25, -0.2) is 4.99 Å². The Morgan fingerprint density at radius 1 is 1.17 bits per heavy atom. The predicted octanol–water partition coefficient (Wildman–Crippen LogP) is 3.16. The summed E-state index contributed by atoms with van der Waals surface area (Å²) >= 11 is 0. The third kappa shape index (κ3) is 5.89. The summed E-state index contributed by atoms with van der Waals surface area (Å²) in [5.74, 6) is 3.08. The Kier molecular flexibility index (Phi) is 7.54. The van der Waals surface area contributed by atoms with Crippen molar-refractivity contribution in [2.45, 2.75) is 32.4 Å². The van der Waals surface area contributed by atoms with Crippen LogP contribution in [0.4, 0.5) is 0 Å². The number of hydrogen-bond acceptors (Lipinski definition) is 4. The lowest BCUT2D eigenvalue weighted by atomic mass is 10.1. The first-order chi connectivity index (χ1) is 14.6. The minimum atomic E-state index is 0.199. The molecule has 0 aromatic heterocycles. The van der Waals surface area contributed by atoms with Gasteiger partial charge in [-0.1, -0.05) is 24.3 Å². The van der Waals surface area contributed by atoms with Gasteiger partial charge in [0.1, 0.15) is 5.75 Å². The zero-order chi connectivity index (χ0) is 21.3. The number of methoxy groups -OCH3 is 1. The molecule has 1 heterocycles. The molecular formula is C23H30N4O3. The third-order valence-electron chi connectivity index (χ3n) is 4.95. The summed E-state index contributed by atoms with van der Waals surface area (Å²) in [6.45, 7) is 4.06. The van der Waals surface area contributed by atoms with Gasteiger partial charge >= 0.3 is 0 Å². The lowest BCUT2D eigenvalue weighted by molar-refractivity contribution is -0.132. The maximum atomic E-state index is 11.7. The molecule has 0 spiro atoms. The maximum absolute atomic E-state index is 11.7. The van der Waals surface area contributed by atoms with Crippen LogP contribution in [0.5, 0.6) is 17.2 Å². The Morgan fingerprint density at radius 3 is 2.57 bits per heavy atom. The van der Waals surface area contributed by atoms with Crippen LogP contribution < -0.4 is 20.1 Å². The van der Waals surface area contributed by atoms with Gasteiger partial charge in [0.15, 0.2) is 17.5 Å². The Bertz CT molecular complexity index is 867. The van der Waals surface area contributed by atoms with Crippen LogP contribution in [-0.4, -0.2) is 50.1 Å². The molecule has 1 fully saturated rings. The number of piperidine rings is 1. The second-order valence-corrected chi connectivity index (χ2v) is 7.25. The molecule has 0 radical (unpaired) electrons. The van der Waals surface area contributed by atoms with Crippen molar-refractivity contribution < 1.29 is 14.3 Å². The smallest absolute Gasteiger partial charge is 0.222 e. The van der Waals surface area contributed by atoms with Gasteiger partial charge < -0.3 is 25.0 Å². The van der Waals surface area contributed by atoms with E-state index in [9.17, 15) is 4.79 Å². The number of aliphatic imine (C=N–C) groups is 1. The van der Waals surface area contributed by atoms with E-state index in [4.69, 9.17) is 14.5 Å². The molecule has 30 heavy (non-hydrogen) atoms. The highest BCUT2D eigenvalue weighted by Gasteiger charge is 2.23. The molecule has 7 nitrogen and oxygen atoms in total. The second kappa shape index (κ2) is 10.5. The van der Waals surface area contributed by atoms with Gasteiger partial charge in [0.05, 0.1) is 13.7 Å². The fraction of sp³-hybridized carbons (Fsp3) is 0.391. The molecular weight excluding hydrogens is 380 g/mol. The lowest BCUT2D eigenvalue weighted by Gasteiger charge is -2.31. The number of rotatable bonds is 7. The molecule has 1 atom stereocenters. The zero-order valence-electron chi connectivity index (χ0n) is 17.9. The predicted molar refractivity (Wildman–Crippen MR) is 118 cm³/mol. The first-order valence-electron chi connectivity index (χ1n) is 10.3. The van der Waals surface area contributed by atoms with Crippen molar-refractivity contribution in [1.82, 2.24) is 15.5 Å². The number of amides is 1. The van der Waals surface area contributed by atoms with E-state index in [0.29, 0.717) is 31.0 Å². The summed E-state index contributed by atoms with van der Waals surface area (Å²) in [7, 11) is 3.47. The van der Waals surface area contributed by atoms with Crippen molar-refractivity contribution in [3.8, 4) is 17.2 Å². The number of para-hydroxylation sites is 2. The number of likely N-dealkylation sites (tertiary alicyclic amines) is 1. The molecule has 0 saturated carbocycles. The molecule has 1 amide bonds. The highest BCUT2D eigenvalue weighted by atomic mass is 16.5. The number of guanidine groups is 1. The van der Waals surface area contributed by atoms with E-state index in [-0.39, 0.29) is 11.9 Å². The van der Waals surface area contributed by atoms with E-state index in [1.807, 2.05) is 62.5 Å². The molecule has 1 aliphatic heterocycles. The highest BCUT2D eigenvalue weighted by molar-refractivity contribution is 5.81. The van der Waals surface area contributed by atoms with Crippen LogP contribution in [0.15, 0.2) is 53.5 Å². The maximum Gasteiger partial charge on any atom is 0.222 e. The van der Waals surface area contributed by atoms with Gasteiger partial charge in [-0.05, 0) is 43.2 Å². The number of benzene rings is 2. The molecule has 2 N–H and O–H groups in total. The standard InChI is InChI=1S/C23H30N4O3/c1-4-24-23(26-18-11-14-22(28)27(2)16-18)25-15-17-9-12-19(13-10-17)30-21-8-6-5-7-20(21)29-3/h5-10,12-13,18H,4,11,14-16H2,1-3H3,(H2,24,25,26). The number of nitrogens with one attached hydrogen (secondary N) is 2. The van der Waals surface area contributed by atoms with Crippen LogP contribution in [0, 0.1) is 0 Å². The highest BCUT2D eigenvalue weighted by Crippen LogP contribution is 2.30. The molecule has 3 rings (SSSR count). The van der Waals surface area contributed by atoms with Crippen LogP contribution >= 0.6 is 0 Å². The van der Waals surface area contributed by atoms with E-state index in [1.165, 1.54) is 0 Å². The number of carbonyl (C=O) groups is 1. The largest absolute Gasteiger partial charge is 0.493 e. The summed E-state index contributed by atoms with van der Waals surface area (Å²) in [6.07, 6.45) is 1.39. The Hall–Kier alpha value is -3.22. The quantitative estimate of drug-likeness (QED) is 0.542. The molecule has 7 heteroatoms. The van der Waals surface area contributed by atoms with E-state index in [2.05, 4.69) is 10.6 Å². The minimum Gasteiger partial charge on any atom is -0.493 e. The Balaban J connectivity index is 1.59. The fourth-order valence-electron chi connectivity index (χ4n) is 3.31. The van der Waals surface area contributed by atoms with Crippen LogP contribution in [0.2, 0.25) is 0 Å². The van der Waals surface area contributed by atoms with Gasteiger partial charge in [-0.2, -0.15) is 0 Å². The Morgan fingerprint density at radius 2 is 1.90 bits per heavy atom. The molecule has 1 aliphatic rings. The fourth-order valence-corrected chi connectivity index (χ4v) is 3.31. The zero-order valence-corrected chi connectivity index (χ0v) is 17.9. The third-order valence-corrected chi connectivity index (χ3v) is 4.95. The molecule has 0 aliphatic carbocycles. The van der Waals surface area contributed by atoms with E-state index < -0.39 is 0 Å². The number of carbonyl (C=O) groups excluding carboxylic acids is 1. The summed E-state index contributed by atoms with van der Waals surface area (Å²) in [5.41, 5.74) is 1.08. The van der Waals surface area contributed by atoms with E-state index in [1.54, 1.807) is 12.0 Å². The molecule has 2 aromatic rings. The first kappa shape index (κ1) is 21.5. The molecule has 1 saturated heterocycles. The number of nitrogens with zero attached hydrogens (tertiary/aromatic N) is 2. The molecule has 2 aromatic carbocycles. The van der Waals surface area contributed by atoms with Crippen molar-refractivity contribution in [3.05, 3.63) is 54.1 Å². The van der Waals surface area contributed by atoms with Crippen molar-refractivity contribution in [1.29, 1.82) is 0 Å². The SMILES string of the molecule is CCNC(=NCc1ccc(Oc2ccccc2OC)cc1)NC1CCC(=O)N(C)C1. The van der Waals surface area contributed by atoms with E-state index >= 15 is 0 Å². The first-order valence-corrected chi connectivity index (χ1v) is 10.3. The van der Waals surface area contributed by atoms with Gasteiger partial charge in [0, 0.05) is 32.6 Å². The topological polar surface area (TPSA) is 75.2 Å². The molecule has 0 bridgehead atoms. The average Bonchev–Trinajstić information content (AvgIpc) is 2.76. The van der Waals surface area contributed by atoms with Crippen LogP contribution in [-0.2, 0) is 11.3 Å². The summed E-state index contributed by atoms with van der Waals surface area (Å²) in [6, 6.07) is 15.6. The summed E-state index contributed by atoms with van der Waals surface area (Å²) < 4.78 is 11.2. The average molecular weight is 411 g/mol. The number of hydrogen-bond donors (Lipinski definition) is 2. The second-order valence-electron chi connectivity index (χ2n) is 7.25. The van der Waals surface area contributed by atoms with Crippen LogP contribution in [0.25, 0.3) is 0 Å². The molecule has 1 unspecified atom stereocenters.